The maximum atomic E-state index is 12.2. The summed E-state index contributed by atoms with van der Waals surface area (Å²) in [6, 6.07) is 1.69. The number of halogens is 1. The summed E-state index contributed by atoms with van der Waals surface area (Å²) in [6.45, 7) is 2.79. The molecular weight excluding hydrogens is 326 g/mol. The number of hydrogen-bond acceptors (Lipinski definition) is 3. The van der Waals surface area contributed by atoms with Crippen LogP contribution in [0.5, 0.6) is 0 Å². The van der Waals surface area contributed by atoms with Gasteiger partial charge in [0.25, 0.3) is 5.56 Å². The Balaban J connectivity index is 2.08. The largest absolute Gasteiger partial charge is 0.369 e. The van der Waals surface area contributed by atoms with E-state index >= 15 is 0 Å². The first kappa shape index (κ1) is 14.8. The zero-order valence-corrected chi connectivity index (χ0v) is 12.6. The molecule has 2 rings (SSSR count). The molecule has 7 heteroatoms. The second-order valence-electron chi connectivity index (χ2n) is 5.11. The Morgan fingerprint density at radius 1 is 1.50 bits per heavy atom. The molecular formula is C13H16BrN3O3. The number of hydrogen-bond donors (Lipinski definition) is 2. The Morgan fingerprint density at radius 3 is 2.80 bits per heavy atom. The van der Waals surface area contributed by atoms with Gasteiger partial charge in [0.2, 0.25) is 11.8 Å². The predicted octanol–water partition coefficient (Wildman–Crippen LogP) is 0.260. The standard InChI is InChI=1S/C13H16BrN3O3/c1-7-5-17(6-9(7)12(15)19)10(18)4-8-2-3-16-13(20)11(8)14/h2-3,7,9H,4-6H2,1H3,(H2,15,19)(H,16,20)/t7-,9-/m1/s1. The van der Waals surface area contributed by atoms with Crippen LogP contribution in [0, 0.1) is 11.8 Å². The molecule has 0 spiro atoms. The number of carbonyl (C=O) groups excluding carboxylic acids is 2. The van der Waals surface area contributed by atoms with Crippen molar-refractivity contribution < 1.29 is 9.59 Å². The summed E-state index contributed by atoms with van der Waals surface area (Å²) in [7, 11) is 0. The van der Waals surface area contributed by atoms with E-state index in [1.807, 2.05) is 6.92 Å². The summed E-state index contributed by atoms with van der Waals surface area (Å²) in [5.41, 5.74) is 5.69. The third-order valence-corrected chi connectivity index (χ3v) is 4.52. The molecule has 1 aromatic heterocycles. The van der Waals surface area contributed by atoms with Crippen LogP contribution in [-0.2, 0) is 16.0 Å². The Hall–Kier alpha value is -1.63. The molecule has 2 heterocycles. The summed E-state index contributed by atoms with van der Waals surface area (Å²) in [5, 5.41) is 0. The maximum Gasteiger partial charge on any atom is 0.262 e. The van der Waals surface area contributed by atoms with E-state index in [4.69, 9.17) is 5.73 Å². The van der Waals surface area contributed by atoms with Crippen LogP contribution in [0.15, 0.2) is 21.5 Å². The lowest BCUT2D eigenvalue weighted by molar-refractivity contribution is -0.129. The van der Waals surface area contributed by atoms with Gasteiger partial charge in [0.15, 0.2) is 0 Å². The number of nitrogens with one attached hydrogen (secondary N) is 1. The van der Waals surface area contributed by atoms with Gasteiger partial charge in [-0.05, 0) is 33.5 Å². The number of rotatable bonds is 3. The van der Waals surface area contributed by atoms with E-state index in [2.05, 4.69) is 20.9 Å². The number of aromatic nitrogens is 1. The SMILES string of the molecule is C[C@@H]1CN(C(=O)Cc2cc[nH]c(=O)c2Br)C[C@H]1C(N)=O. The van der Waals surface area contributed by atoms with Crippen LogP contribution in [0.2, 0.25) is 0 Å². The Morgan fingerprint density at radius 2 is 2.20 bits per heavy atom. The first-order chi connectivity index (χ1) is 9.40. The number of primary amides is 1. The molecule has 1 aliphatic heterocycles. The number of nitrogens with zero attached hydrogens (tertiary/aromatic N) is 1. The van der Waals surface area contributed by atoms with Crippen molar-refractivity contribution in [2.24, 2.45) is 17.6 Å². The molecule has 6 nitrogen and oxygen atoms in total. The smallest absolute Gasteiger partial charge is 0.262 e. The normalized spacial score (nSPS) is 22.0. The van der Waals surface area contributed by atoms with Crippen molar-refractivity contribution in [1.82, 2.24) is 9.88 Å². The number of pyridine rings is 1. The van der Waals surface area contributed by atoms with Crippen LogP contribution >= 0.6 is 15.9 Å². The van der Waals surface area contributed by atoms with Crippen molar-refractivity contribution >= 4 is 27.7 Å². The molecule has 1 aromatic rings. The summed E-state index contributed by atoms with van der Waals surface area (Å²) in [6.07, 6.45) is 1.64. The number of amides is 2. The molecule has 2 amide bonds. The Labute approximate surface area is 124 Å². The van der Waals surface area contributed by atoms with Gasteiger partial charge in [0.05, 0.1) is 16.8 Å². The zero-order chi connectivity index (χ0) is 14.9. The summed E-state index contributed by atoms with van der Waals surface area (Å²) in [4.78, 5) is 39.1. The molecule has 1 aliphatic rings. The molecule has 0 aromatic carbocycles. The maximum absolute atomic E-state index is 12.2. The molecule has 0 saturated carbocycles. The van der Waals surface area contributed by atoms with Crippen LogP contribution in [0.3, 0.4) is 0 Å². The third kappa shape index (κ3) is 2.92. The van der Waals surface area contributed by atoms with Crippen LogP contribution < -0.4 is 11.3 Å². The van der Waals surface area contributed by atoms with Crippen molar-refractivity contribution in [2.75, 3.05) is 13.1 Å². The molecule has 1 fully saturated rings. The number of H-pyrrole nitrogens is 1. The zero-order valence-electron chi connectivity index (χ0n) is 11.1. The monoisotopic (exact) mass is 341 g/mol. The Kier molecular flexibility index (Phi) is 4.27. The van der Waals surface area contributed by atoms with Crippen LogP contribution in [0.4, 0.5) is 0 Å². The minimum Gasteiger partial charge on any atom is -0.369 e. The minimum absolute atomic E-state index is 0.0686. The topological polar surface area (TPSA) is 96.3 Å². The molecule has 3 N–H and O–H groups in total. The number of likely N-dealkylation sites (tertiary alicyclic amines) is 1. The Bertz CT molecular complexity index is 599. The molecule has 0 bridgehead atoms. The van der Waals surface area contributed by atoms with Crippen LogP contribution in [-0.4, -0.2) is 34.8 Å². The molecule has 1 saturated heterocycles. The minimum atomic E-state index is -0.370. The highest BCUT2D eigenvalue weighted by atomic mass is 79.9. The van der Waals surface area contributed by atoms with Gasteiger partial charge in [0.1, 0.15) is 0 Å². The lowest BCUT2D eigenvalue weighted by Crippen LogP contribution is -2.33. The van der Waals surface area contributed by atoms with Gasteiger partial charge in [0, 0.05) is 19.3 Å². The summed E-state index contributed by atoms with van der Waals surface area (Å²) in [5.74, 6) is -0.697. The van der Waals surface area contributed by atoms with Gasteiger partial charge in [-0.1, -0.05) is 6.92 Å². The molecule has 20 heavy (non-hydrogen) atoms. The molecule has 0 aliphatic carbocycles. The average Bonchev–Trinajstić information content (AvgIpc) is 2.77. The fourth-order valence-electron chi connectivity index (χ4n) is 2.45. The molecule has 108 valence electrons. The fraction of sp³-hybridized carbons (Fsp3) is 0.462. The van der Waals surface area contributed by atoms with Gasteiger partial charge in [-0.2, -0.15) is 0 Å². The number of nitrogens with two attached hydrogens (primary N) is 1. The second kappa shape index (κ2) is 5.78. The average molecular weight is 342 g/mol. The lowest BCUT2D eigenvalue weighted by atomic mass is 9.98. The third-order valence-electron chi connectivity index (χ3n) is 3.65. The highest BCUT2D eigenvalue weighted by Crippen LogP contribution is 2.23. The summed E-state index contributed by atoms with van der Waals surface area (Å²) >= 11 is 3.18. The van der Waals surface area contributed by atoms with Crippen molar-refractivity contribution in [2.45, 2.75) is 13.3 Å². The molecule has 0 radical (unpaired) electrons. The first-order valence-corrected chi connectivity index (χ1v) is 7.12. The van der Waals surface area contributed by atoms with Gasteiger partial charge in [-0.3, -0.25) is 14.4 Å². The number of aromatic amines is 1. The van der Waals surface area contributed by atoms with Gasteiger partial charge < -0.3 is 15.6 Å². The van der Waals surface area contributed by atoms with Crippen LogP contribution in [0.1, 0.15) is 12.5 Å². The van der Waals surface area contributed by atoms with E-state index in [1.54, 1.807) is 11.0 Å². The van der Waals surface area contributed by atoms with Crippen LogP contribution in [0.25, 0.3) is 0 Å². The van der Waals surface area contributed by atoms with Gasteiger partial charge in [-0.15, -0.1) is 0 Å². The fourth-order valence-corrected chi connectivity index (χ4v) is 2.84. The highest BCUT2D eigenvalue weighted by molar-refractivity contribution is 9.10. The quantitative estimate of drug-likeness (QED) is 0.825. The van der Waals surface area contributed by atoms with Crippen molar-refractivity contribution in [3.63, 3.8) is 0 Å². The van der Waals surface area contributed by atoms with Crippen molar-refractivity contribution in [3.8, 4) is 0 Å². The van der Waals surface area contributed by atoms with E-state index in [9.17, 15) is 14.4 Å². The molecule has 0 unspecified atom stereocenters. The first-order valence-electron chi connectivity index (χ1n) is 6.33. The van der Waals surface area contributed by atoms with E-state index in [0.717, 1.165) is 0 Å². The van der Waals surface area contributed by atoms with E-state index in [-0.39, 0.29) is 35.6 Å². The molecule has 2 atom stereocenters. The van der Waals surface area contributed by atoms with E-state index in [0.29, 0.717) is 23.1 Å². The lowest BCUT2D eigenvalue weighted by Gasteiger charge is -2.16. The highest BCUT2D eigenvalue weighted by Gasteiger charge is 2.35. The second-order valence-corrected chi connectivity index (χ2v) is 5.90. The van der Waals surface area contributed by atoms with E-state index in [1.165, 1.54) is 6.20 Å². The van der Waals surface area contributed by atoms with Gasteiger partial charge >= 0.3 is 0 Å². The number of carbonyl (C=O) groups is 2. The van der Waals surface area contributed by atoms with Crippen molar-refractivity contribution in [1.29, 1.82) is 0 Å². The summed E-state index contributed by atoms with van der Waals surface area (Å²) < 4.78 is 0.368. The van der Waals surface area contributed by atoms with Gasteiger partial charge in [-0.25, -0.2) is 0 Å². The van der Waals surface area contributed by atoms with Crippen molar-refractivity contribution in [3.05, 3.63) is 32.7 Å². The van der Waals surface area contributed by atoms with E-state index < -0.39 is 0 Å². The predicted molar refractivity (Wildman–Crippen MR) is 76.9 cm³/mol.